The van der Waals surface area contributed by atoms with E-state index in [0.717, 1.165) is 5.56 Å². The minimum atomic E-state index is 0.178. The maximum atomic E-state index is 9.04. The zero-order valence-electron chi connectivity index (χ0n) is 9.67. The number of nitriles is 1. The summed E-state index contributed by atoms with van der Waals surface area (Å²) in [7, 11) is 0. The fraction of sp³-hybridized carbons (Fsp3) is 0.500. The van der Waals surface area contributed by atoms with E-state index >= 15 is 0 Å². The highest BCUT2D eigenvalue weighted by Crippen LogP contribution is 2.42. The van der Waals surface area contributed by atoms with Crippen LogP contribution in [0.5, 0.6) is 0 Å². The molecule has 1 aliphatic carbocycles. The molecular formula is C14H17N. The van der Waals surface area contributed by atoms with E-state index in [1.165, 1.54) is 24.0 Å². The van der Waals surface area contributed by atoms with Crippen molar-refractivity contribution in [2.24, 2.45) is 0 Å². The van der Waals surface area contributed by atoms with E-state index < -0.39 is 0 Å². The molecule has 1 aliphatic rings. The van der Waals surface area contributed by atoms with E-state index in [4.69, 9.17) is 5.26 Å². The van der Waals surface area contributed by atoms with Gasteiger partial charge in [-0.1, -0.05) is 32.9 Å². The number of hydrogen-bond donors (Lipinski definition) is 0. The Balaban J connectivity index is 2.46. The molecule has 0 amide bonds. The van der Waals surface area contributed by atoms with Gasteiger partial charge in [0.15, 0.2) is 0 Å². The lowest BCUT2D eigenvalue weighted by molar-refractivity contribution is 0.589. The van der Waals surface area contributed by atoms with Crippen molar-refractivity contribution < 1.29 is 0 Å². The first-order valence-corrected chi connectivity index (χ1v) is 5.57. The highest BCUT2D eigenvalue weighted by atomic mass is 14.3. The van der Waals surface area contributed by atoms with Crippen LogP contribution < -0.4 is 0 Å². The zero-order valence-corrected chi connectivity index (χ0v) is 9.67. The van der Waals surface area contributed by atoms with E-state index in [2.05, 4.69) is 39.0 Å². The number of nitrogens with zero attached hydrogens (tertiary/aromatic N) is 1. The summed E-state index contributed by atoms with van der Waals surface area (Å²) in [6, 6.07) is 8.60. The first-order chi connectivity index (χ1) is 7.02. The summed E-state index contributed by atoms with van der Waals surface area (Å²) in [4.78, 5) is 0. The standard InChI is InChI=1S/C14H17N/c1-14(2,3)12-7-6-11(9-15)13(8-12)10-4-5-10/h6-8,10H,4-5H2,1-3H3. The average Bonchev–Trinajstić information content (AvgIpc) is 2.98. The molecule has 1 nitrogen and oxygen atoms in total. The molecule has 0 heterocycles. The van der Waals surface area contributed by atoms with E-state index in [0.29, 0.717) is 5.92 Å². The van der Waals surface area contributed by atoms with Gasteiger partial charge in [-0.15, -0.1) is 0 Å². The van der Waals surface area contributed by atoms with Crippen LogP contribution >= 0.6 is 0 Å². The first kappa shape index (κ1) is 10.2. The molecule has 1 aromatic carbocycles. The third kappa shape index (κ3) is 2.04. The van der Waals surface area contributed by atoms with Crippen molar-refractivity contribution in [3.05, 3.63) is 34.9 Å². The smallest absolute Gasteiger partial charge is 0.0994 e. The minimum absolute atomic E-state index is 0.178. The Morgan fingerprint density at radius 3 is 2.40 bits per heavy atom. The third-order valence-electron chi connectivity index (χ3n) is 3.06. The Bertz CT molecular complexity index is 414. The fourth-order valence-corrected chi connectivity index (χ4v) is 1.86. The molecule has 0 unspecified atom stereocenters. The summed E-state index contributed by atoms with van der Waals surface area (Å²) < 4.78 is 0. The molecule has 0 aromatic heterocycles. The van der Waals surface area contributed by atoms with Crippen LogP contribution in [0.1, 0.15) is 56.2 Å². The van der Waals surface area contributed by atoms with Crippen molar-refractivity contribution in [3.8, 4) is 6.07 Å². The Labute approximate surface area is 91.7 Å². The predicted octanol–water partition coefficient (Wildman–Crippen LogP) is 3.73. The Hall–Kier alpha value is -1.29. The normalized spacial score (nSPS) is 16.1. The Kier molecular flexibility index (Phi) is 2.31. The molecule has 78 valence electrons. The van der Waals surface area contributed by atoms with Crippen molar-refractivity contribution in [2.75, 3.05) is 0 Å². The van der Waals surface area contributed by atoms with Crippen LogP contribution in [0.25, 0.3) is 0 Å². The summed E-state index contributed by atoms with van der Waals surface area (Å²) >= 11 is 0. The summed E-state index contributed by atoms with van der Waals surface area (Å²) in [5.41, 5.74) is 3.65. The SMILES string of the molecule is CC(C)(C)c1ccc(C#N)c(C2CC2)c1. The van der Waals surface area contributed by atoms with E-state index in [-0.39, 0.29) is 5.41 Å². The fourth-order valence-electron chi connectivity index (χ4n) is 1.86. The van der Waals surface area contributed by atoms with Crippen LogP contribution in [0.4, 0.5) is 0 Å². The number of benzene rings is 1. The van der Waals surface area contributed by atoms with Gasteiger partial charge < -0.3 is 0 Å². The molecule has 0 spiro atoms. The lowest BCUT2D eigenvalue weighted by Gasteiger charge is -2.20. The van der Waals surface area contributed by atoms with Crippen molar-refractivity contribution in [3.63, 3.8) is 0 Å². The van der Waals surface area contributed by atoms with Crippen LogP contribution in [0.2, 0.25) is 0 Å². The summed E-state index contributed by atoms with van der Waals surface area (Å²) in [5.74, 6) is 0.655. The molecule has 0 saturated heterocycles. The molecule has 1 saturated carbocycles. The molecule has 0 aliphatic heterocycles. The molecule has 1 aromatic rings. The Morgan fingerprint density at radius 1 is 1.27 bits per heavy atom. The molecule has 0 N–H and O–H groups in total. The maximum Gasteiger partial charge on any atom is 0.0994 e. The third-order valence-corrected chi connectivity index (χ3v) is 3.06. The van der Waals surface area contributed by atoms with E-state index in [1.54, 1.807) is 0 Å². The minimum Gasteiger partial charge on any atom is -0.192 e. The second-order valence-electron chi connectivity index (χ2n) is 5.44. The molecule has 0 radical (unpaired) electrons. The van der Waals surface area contributed by atoms with Gasteiger partial charge in [-0.25, -0.2) is 0 Å². The van der Waals surface area contributed by atoms with E-state index in [1.807, 2.05) is 6.07 Å². The van der Waals surface area contributed by atoms with Crippen LogP contribution in [-0.4, -0.2) is 0 Å². The summed E-state index contributed by atoms with van der Waals surface area (Å²) in [5, 5.41) is 9.04. The number of rotatable bonds is 1. The summed E-state index contributed by atoms with van der Waals surface area (Å²) in [6.45, 7) is 6.64. The summed E-state index contributed by atoms with van der Waals surface area (Å²) in [6.07, 6.45) is 2.50. The zero-order chi connectivity index (χ0) is 11.1. The highest BCUT2D eigenvalue weighted by molar-refractivity contribution is 5.45. The second kappa shape index (κ2) is 3.38. The van der Waals surface area contributed by atoms with Gasteiger partial charge in [0, 0.05) is 0 Å². The maximum absolute atomic E-state index is 9.04. The van der Waals surface area contributed by atoms with Gasteiger partial charge in [-0.05, 0) is 41.4 Å². The van der Waals surface area contributed by atoms with Crippen LogP contribution in [-0.2, 0) is 5.41 Å². The van der Waals surface area contributed by atoms with Crippen molar-refractivity contribution in [1.82, 2.24) is 0 Å². The number of hydrogen-bond acceptors (Lipinski definition) is 1. The highest BCUT2D eigenvalue weighted by Gasteiger charge is 2.27. The molecule has 1 heteroatoms. The molecule has 0 bridgehead atoms. The van der Waals surface area contributed by atoms with Gasteiger partial charge >= 0.3 is 0 Å². The lowest BCUT2D eigenvalue weighted by atomic mass is 9.84. The second-order valence-corrected chi connectivity index (χ2v) is 5.44. The topological polar surface area (TPSA) is 23.8 Å². The van der Waals surface area contributed by atoms with Gasteiger partial charge in [0.2, 0.25) is 0 Å². The lowest BCUT2D eigenvalue weighted by Crippen LogP contribution is -2.11. The average molecular weight is 199 g/mol. The van der Waals surface area contributed by atoms with Crippen molar-refractivity contribution in [1.29, 1.82) is 5.26 Å². The molecule has 2 rings (SSSR count). The van der Waals surface area contributed by atoms with Gasteiger partial charge in [-0.2, -0.15) is 5.26 Å². The van der Waals surface area contributed by atoms with E-state index in [9.17, 15) is 0 Å². The monoisotopic (exact) mass is 199 g/mol. The van der Waals surface area contributed by atoms with Crippen LogP contribution in [0, 0.1) is 11.3 Å². The van der Waals surface area contributed by atoms with Crippen molar-refractivity contribution >= 4 is 0 Å². The van der Waals surface area contributed by atoms with Gasteiger partial charge in [0.1, 0.15) is 0 Å². The van der Waals surface area contributed by atoms with Crippen molar-refractivity contribution in [2.45, 2.75) is 44.9 Å². The quantitative estimate of drug-likeness (QED) is 0.676. The van der Waals surface area contributed by atoms with Gasteiger partial charge in [0.05, 0.1) is 11.6 Å². The molecule has 1 fully saturated rings. The van der Waals surface area contributed by atoms with Crippen LogP contribution in [0.15, 0.2) is 18.2 Å². The Morgan fingerprint density at radius 2 is 1.93 bits per heavy atom. The first-order valence-electron chi connectivity index (χ1n) is 5.57. The molecular weight excluding hydrogens is 182 g/mol. The van der Waals surface area contributed by atoms with Gasteiger partial charge in [0.25, 0.3) is 0 Å². The largest absolute Gasteiger partial charge is 0.192 e. The predicted molar refractivity (Wildman–Crippen MR) is 61.8 cm³/mol. The van der Waals surface area contributed by atoms with Gasteiger partial charge in [-0.3, -0.25) is 0 Å². The molecule has 15 heavy (non-hydrogen) atoms. The van der Waals surface area contributed by atoms with Crippen LogP contribution in [0.3, 0.4) is 0 Å². The molecule has 0 atom stereocenters.